The minimum atomic E-state index is 0.237. The van der Waals surface area contributed by atoms with Crippen molar-refractivity contribution in [2.75, 3.05) is 11.9 Å². The van der Waals surface area contributed by atoms with Crippen molar-refractivity contribution in [1.29, 1.82) is 0 Å². The van der Waals surface area contributed by atoms with Gasteiger partial charge in [-0.25, -0.2) is 0 Å². The van der Waals surface area contributed by atoms with E-state index in [9.17, 15) is 0 Å². The summed E-state index contributed by atoms with van der Waals surface area (Å²) in [6.45, 7) is 4.34. The van der Waals surface area contributed by atoms with Gasteiger partial charge in [0.1, 0.15) is 0 Å². The average Bonchev–Trinajstić information content (AvgIpc) is 2.43. The van der Waals surface area contributed by atoms with Gasteiger partial charge in [-0.2, -0.15) is 0 Å². The summed E-state index contributed by atoms with van der Waals surface area (Å²) in [4.78, 5) is 2.38. The van der Waals surface area contributed by atoms with Gasteiger partial charge in [-0.15, -0.1) is 0 Å². The first-order valence-electron chi connectivity index (χ1n) is 5.68. The Bertz CT molecular complexity index is 358. The van der Waals surface area contributed by atoms with Crippen molar-refractivity contribution < 1.29 is 0 Å². The fourth-order valence-corrected chi connectivity index (χ4v) is 2.45. The molecule has 0 saturated carbocycles. The van der Waals surface area contributed by atoms with Gasteiger partial charge in [0.2, 0.25) is 0 Å². The highest BCUT2D eigenvalue weighted by atomic mass is 15.2. The largest absolute Gasteiger partial charge is 0.371 e. The molecule has 1 aromatic carbocycles. The predicted molar refractivity (Wildman–Crippen MR) is 65.4 cm³/mol. The molecular weight excluding hydrogens is 184 g/mol. The Morgan fingerprint density at radius 1 is 1.53 bits per heavy atom. The van der Waals surface area contributed by atoms with Crippen LogP contribution in [-0.4, -0.2) is 19.1 Å². The van der Waals surface area contributed by atoms with Crippen LogP contribution in [0.5, 0.6) is 0 Å². The third-order valence-corrected chi connectivity index (χ3v) is 3.27. The number of anilines is 1. The molecule has 0 aromatic heterocycles. The smallest absolute Gasteiger partial charge is 0.0432 e. The van der Waals surface area contributed by atoms with Crippen molar-refractivity contribution in [3.05, 3.63) is 29.3 Å². The zero-order chi connectivity index (χ0) is 11.0. The second-order valence-corrected chi connectivity index (χ2v) is 4.77. The standard InChI is InChI=1S/C13H20N2/c1-9(14)7-11-5-4-6-12-8-10(2)15(3)13(11)12/h4-6,9-10H,7-8,14H2,1-3H3. The van der Waals surface area contributed by atoms with Crippen molar-refractivity contribution in [2.45, 2.75) is 38.8 Å². The number of para-hydroxylation sites is 1. The molecule has 2 unspecified atom stereocenters. The van der Waals surface area contributed by atoms with Gasteiger partial charge < -0.3 is 10.6 Å². The van der Waals surface area contributed by atoms with Crippen molar-refractivity contribution >= 4 is 5.69 Å². The highest BCUT2D eigenvalue weighted by Gasteiger charge is 2.24. The molecule has 0 spiro atoms. The lowest BCUT2D eigenvalue weighted by Gasteiger charge is -2.22. The first kappa shape index (κ1) is 10.5. The lowest BCUT2D eigenvalue weighted by molar-refractivity contribution is 0.717. The number of nitrogens with two attached hydrogens (primary N) is 1. The first-order valence-corrected chi connectivity index (χ1v) is 5.68. The Kier molecular flexibility index (Phi) is 2.70. The van der Waals surface area contributed by atoms with Gasteiger partial charge >= 0.3 is 0 Å². The molecule has 1 aliphatic heterocycles. The molecule has 0 fully saturated rings. The fraction of sp³-hybridized carbons (Fsp3) is 0.538. The van der Waals surface area contributed by atoms with Gasteiger partial charge in [-0.05, 0) is 37.8 Å². The Labute approximate surface area is 92.1 Å². The lowest BCUT2D eigenvalue weighted by Crippen LogP contribution is -2.26. The second kappa shape index (κ2) is 3.86. The third-order valence-electron chi connectivity index (χ3n) is 3.27. The predicted octanol–water partition coefficient (Wildman–Crippen LogP) is 1.96. The van der Waals surface area contributed by atoms with Crippen molar-refractivity contribution in [3.8, 4) is 0 Å². The number of likely N-dealkylation sites (N-methyl/N-ethyl adjacent to an activating group) is 1. The van der Waals surface area contributed by atoms with Gasteiger partial charge in [-0.1, -0.05) is 18.2 Å². The van der Waals surface area contributed by atoms with E-state index in [1.807, 2.05) is 0 Å². The Balaban J connectivity index is 2.38. The molecule has 2 atom stereocenters. The van der Waals surface area contributed by atoms with Crippen LogP contribution in [-0.2, 0) is 12.8 Å². The maximum atomic E-state index is 5.88. The normalized spacial score (nSPS) is 21.6. The summed E-state index contributed by atoms with van der Waals surface area (Å²) in [5, 5.41) is 0. The number of rotatable bonds is 2. The van der Waals surface area contributed by atoms with E-state index in [1.54, 1.807) is 0 Å². The van der Waals surface area contributed by atoms with Crippen LogP contribution in [0.3, 0.4) is 0 Å². The summed E-state index contributed by atoms with van der Waals surface area (Å²) in [5.74, 6) is 0. The third kappa shape index (κ3) is 1.86. The highest BCUT2D eigenvalue weighted by molar-refractivity contribution is 5.64. The van der Waals surface area contributed by atoms with Crippen LogP contribution in [0.2, 0.25) is 0 Å². The van der Waals surface area contributed by atoms with Crippen LogP contribution in [0.15, 0.2) is 18.2 Å². The molecule has 0 saturated heterocycles. The number of fused-ring (bicyclic) bond motifs is 1. The van der Waals surface area contributed by atoms with Crippen LogP contribution < -0.4 is 10.6 Å². The molecule has 2 rings (SSSR count). The van der Waals surface area contributed by atoms with E-state index in [-0.39, 0.29) is 6.04 Å². The van der Waals surface area contributed by atoms with E-state index < -0.39 is 0 Å². The molecular formula is C13H20N2. The summed E-state index contributed by atoms with van der Waals surface area (Å²) in [6.07, 6.45) is 2.14. The quantitative estimate of drug-likeness (QED) is 0.798. The molecule has 0 bridgehead atoms. The molecule has 1 aliphatic rings. The zero-order valence-corrected chi connectivity index (χ0v) is 9.83. The zero-order valence-electron chi connectivity index (χ0n) is 9.83. The Morgan fingerprint density at radius 3 is 2.93 bits per heavy atom. The van der Waals surface area contributed by atoms with Crippen LogP contribution in [0.1, 0.15) is 25.0 Å². The van der Waals surface area contributed by atoms with E-state index >= 15 is 0 Å². The van der Waals surface area contributed by atoms with Gasteiger partial charge in [-0.3, -0.25) is 0 Å². The molecule has 82 valence electrons. The number of nitrogens with zero attached hydrogens (tertiary/aromatic N) is 1. The van der Waals surface area contributed by atoms with E-state index in [1.165, 1.54) is 23.2 Å². The van der Waals surface area contributed by atoms with E-state index in [4.69, 9.17) is 5.73 Å². The molecule has 1 aromatic rings. The molecule has 1 heterocycles. The monoisotopic (exact) mass is 204 g/mol. The number of hydrogen-bond acceptors (Lipinski definition) is 2. The summed E-state index contributed by atoms with van der Waals surface area (Å²) in [5.41, 5.74) is 10.2. The minimum absolute atomic E-state index is 0.237. The van der Waals surface area contributed by atoms with Crippen molar-refractivity contribution in [3.63, 3.8) is 0 Å². The lowest BCUT2D eigenvalue weighted by atomic mass is 10.0. The SMILES string of the molecule is CC(N)Cc1cccc2c1N(C)C(C)C2. The second-order valence-electron chi connectivity index (χ2n) is 4.77. The Hall–Kier alpha value is -1.02. The van der Waals surface area contributed by atoms with Crippen LogP contribution in [0.4, 0.5) is 5.69 Å². The fourth-order valence-electron chi connectivity index (χ4n) is 2.45. The maximum Gasteiger partial charge on any atom is 0.0432 e. The summed E-state index contributed by atoms with van der Waals surface area (Å²) >= 11 is 0. The average molecular weight is 204 g/mol. The van der Waals surface area contributed by atoms with Gasteiger partial charge in [0.15, 0.2) is 0 Å². The molecule has 2 heteroatoms. The van der Waals surface area contributed by atoms with Gasteiger partial charge in [0, 0.05) is 24.8 Å². The van der Waals surface area contributed by atoms with Crippen LogP contribution >= 0.6 is 0 Å². The highest BCUT2D eigenvalue weighted by Crippen LogP contribution is 2.34. The van der Waals surface area contributed by atoms with E-state index in [2.05, 4.69) is 44.0 Å². The molecule has 2 N–H and O–H groups in total. The number of benzene rings is 1. The van der Waals surface area contributed by atoms with Crippen molar-refractivity contribution in [1.82, 2.24) is 0 Å². The van der Waals surface area contributed by atoms with Gasteiger partial charge in [0.05, 0.1) is 0 Å². The first-order chi connectivity index (χ1) is 7.09. The van der Waals surface area contributed by atoms with E-state index in [0.29, 0.717) is 6.04 Å². The topological polar surface area (TPSA) is 29.3 Å². The minimum Gasteiger partial charge on any atom is -0.371 e. The van der Waals surface area contributed by atoms with Crippen LogP contribution in [0, 0.1) is 0 Å². The molecule has 0 amide bonds. The molecule has 0 aliphatic carbocycles. The number of hydrogen-bond donors (Lipinski definition) is 1. The van der Waals surface area contributed by atoms with Crippen molar-refractivity contribution in [2.24, 2.45) is 5.73 Å². The van der Waals surface area contributed by atoms with Gasteiger partial charge in [0.25, 0.3) is 0 Å². The molecule has 0 radical (unpaired) electrons. The summed E-state index contributed by atoms with van der Waals surface area (Å²) in [7, 11) is 2.18. The summed E-state index contributed by atoms with van der Waals surface area (Å²) < 4.78 is 0. The van der Waals surface area contributed by atoms with E-state index in [0.717, 1.165) is 6.42 Å². The Morgan fingerprint density at radius 2 is 2.27 bits per heavy atom. The summed E-state index contributed by atoms with van der Waals surface area (Å²) in [6, 6.07) is 7.45. The molecule has 15 heavy (non-hydrogen) atoms. The maximum absolute atomic E-state index is 5.88. The molecule has 2 nitrogen and oxygen atoms in total. The van der Waals surface area contributed by atoms with Crippen LogP contribution in [0.25, 0.3) is 0 Å².